The number of hydrogen-bond acceptors (Lipinski definition) is 4. The zero-order chi connectivity index (χ0) is 16.1. The van der Waals surface area contributed by atoms with Gasteiger partial charge in [-0.2, -0.15) is 0 Å². The molecule has 0 spiro atoms. The van der Waals surface area contributed by atoms with Crippen molar-refractivity contribution in [3.63, 3.8) is 0 Å². The van der Waals surface area contributed by atoms with Gasteiger partial charge in [0, 0.05) is 44.8 Å². The number of anilines is 1. The minimum atomic E-state index is 0. The van der Waals surface area contributed by atoms with Crippen LogP contribution in [-0.4, -0.2) is 55.1 Å². The predicted octanol–water partition coefficient (Wildman–Crippen LogP) is 2.32. The van der Waals surface area contributed by atoms with Crippen molar-refractivity contribution in [3.05, 3.63) is 24.5 Å². The van der Waals surface area contributed by atoms with Gasteiger partial charge in [-0.05, 0) is 56.7 Å². The van der Waals surface area contributed by atoms with E-state index in [1.165, 1.54) is 18.5 Å². The first-order valence-electron chi connectivity index (χ1n) is 8.87. The molecule has 1 atom stereocenters. The summed E-state index contributed by atoms with van der Waals surface area (Å²) >= 11 is 0. The van der Waals surface area contributed by atoms with Gasteiger partial charge < -0.3 is 15.1 Å². The lowest BCUT2D eigenvalue weighted by atomic mass is 9.93. The van der Waals surface area contributed by atoms with Crippen LogP contribution < -0.4 is 10.2 Å². The molecule has 1 N–H and O–H groups in total. The fourth-order valence-electron chi connectivity index (χ4n) is 3.68. The van der Waals surface area contributed by atoms with Crippen molar-refractivity contribution in [2.75, 3.05) is 38.1 Å². The highest BCUT2D eigenvalue weighted by Crippen LogP contribution is 2.25. The Balaban J connectivity index is 0.00000208. The quantitative estimate of drug-likeness (QED) is 0.883. The van der Waals surface area contributed by atoms with E-state index >= 15 is 0 Å². The van der Waals surface area contributed by atoms with Gasteiger partial charge in [-0.25, -0.2) is 0 Å². The molecule has 1 amide bonds. The number of piperidine rings is 1. The second-order valence-electron chi connectivity index (χ2n) is 6.83. The van der Waals surface area contributed by atoms with Crippen LogP contribution in [-0.2, 0) is 4.79 Å². The van der Waals surface area contributed by atoms with Crippen molar-refractivity contribution in [1.82, 2.24) is 15.2 Å². The molecule has 1 aromatic rings. The standard InChI is InChI=1S/C18H28N4O.ClH/c1-21(18(23)17-3-2-9-20-17)12-6-15-7-13-22(14-8-15)16-4-10-19-11-5-16;/h4-5,10-11,15,17,20H,2-3,6-9,12-14H2,1H3;1H. The molecule has 2 aliphatic rings. The van der Waals surface area contributed by atoms with E-state index in [0.29, 0.717) is 0 Å². The molecular weight excluding hydrogens is 324 g/mol. The van der Waals surface area contributed by atoms with Crippen LogP contribution in [0.4, 0.5) is 5.69 Å². The van der Waals surface area contributed by atoms with Crippen LogP contribution in [0.3, 0.4) is 0 Å². The molecule has 2 fully saturated rings. The second kappa shape index (κ2) is 9.23. The van der Waals surface area contributed by atoms with Gasteiger partial charge in [0.15, 0.2) is 0 Å². The molecule has 3 heterocycles. The van der Waals surface area contributed by atoms with Crippen LogP contribution in [0.25, 0.3) is 0 Å². The number of carbonyl (C=O) groups excluding carboxylic acids is 1. The molecule has 0 radical (unpaired) electrons. The third kappa shape index (κ3) is 4.84. The first kappa shape index (κ1) is 19.0. The summed E-state index contributed by atoms with van der Waals surface area (Å²) in [6.45, 7) is 4.09. The lowest BCUT2D eigenvalue weighted by Crippen LogP contribution is -2.42. The van der Waals surface area contributed by atoms with E-state index < -0.39 is 0 Å². The first-order chi connectivity index (χ1) is 11.2. The average molecular weight is 353 g/mol. The van der Waals surface area contributed by atoms with Crippen LogP contribution in [0.15, 0.2) is 24.5 Å². The number of halogens is 1. The van der Waals surface area contributed by atoms with Gasteiger partial charge in [0.05, 0.1) is 6.04 Å². The van der Waals surface area contributed by atoms with Crippen LogP contribution >= 0.6 is 12.4 Å². The Morgan fingerprint density at radius 1 is 1.29 bits per heavy atom. The smallest absolute Gasteiger partial charge is 0.239 e. The number of nitrogens with one attached hydrogen (secondary N) is 1. The van der Waals surface area contributed by atoms with Crippen LogP contribution in [0.1, 0.15) is 32.1 Å². The van der Waals surface area contributed by atoms with E-state index in [-0.39, 0.29) is 24.4 Å². The molecule has 134 valence electrons. The monoisotopic (exact) mass is 352 g/mol. The van der Waals surface area contributed by atoms with Gasteiger partial charge in [0.1, 0.15) is 0 Å². The van der Waals surface area contributed by atoms with Crippen LogP contribution in [0, 0.1) is 5.92 Å². The molecule has 0 aromatic carbocycles. The lowest BCUT2D eigenvalue weighted by molar-refractivity contribution is -0.131. The number of carbonyl (C=O) groups is 1. The highest BCUT2D eigenvalue weighted by molar-refractivity contribution is 5.85. The highest BCUT2D eigenvalue weighted by atomic mass is 35.5. The van der Waals surface area contributed by atoms with E-state index in [1.807, 2.05) is 24.3 Å². The normalized spacial score (nSPS) is 21.4. The Bertz CT molecular complexity index is 499. The molecule has 6 heteroatoms. The highest BCUT2D eigenvalue weighted by Gasteiger charge is 2.26. The van der Waals surface area contributed by atoms with E-state index in [2.05, 4.69) is 27.3 Å². The van der Waals surface area contributed by atoms with Gasteiger partial charge in [-0.1, -0.05) is 0 Å². The fraction of sp³-hybridized carbons (Fsp3) is 0.667. The molecule has 5 nitrogen and oxygen atoms in total. The number of amides is 1. The molecule has 3 rings (SSSR count). The number of nitrogens with zero attached hydrogens (tertiary/aromatic N) is 3. The molecule has 0 saturated carbocycles. The summed E-state index contributed by atoms with van der Waals surface area (Å²) < 4.78 is 0. The number of hydrogen-bond donors (Lipinski definition) is 1. The topological polar surface area (TPSA) is 48.5 Å². The third-order valence-electron chi connectivity index (χ3n) is 5.25. The summed E-state index contributed by atoms with van der Waals surface area (Å²) in [6.07, 6.45) is 9.39. The summed E-state index contributed by atoms with van der Waals surface area (Å²) in [5, 5.41) is 3.30. The maximum Gasteiger partial charge on any atom is 0.239 e. The number of likely N-dealkylation sites (N-methyl/N-ethyl adjacent to an activating group) is 1. The van der Waals surface area contributed by atoms with Gasteiger partial charge >= 0.3 is 0 Å². The SMILES string of the molecule is CN(CCC1CCN(c2ccncc2)CC1)C(=O)C1CCCN1.Cl. The van der Waals surface area contributed by atoms with Crippen LogP contribution in [0.5, 0.6) is 0 Å². The van der Waals surface area contributed by atoms with Crippen LogP contribution in [0.2, 0.25) is 0 Å². The summed E-state index contributed by atoms with van der Waals surface area (Å²) in [6, 6.07) is 4.23. The minimum Gasteiger partial charge on any atom is -0.371 e. The molecule has 1 unspecified atom stereocenters. The molecule has 2 aliphatic heterocycles. The van der Waals surface area contributed by atoms with Gasteiger partial charge in [-0.15, -0.1) is 12.4 Å². The van der Waals surface area contributed by atoms with Crippen molar-refractivity contribution in [1.29, 1.82) is 0 Å². The average Bonchev–Trinajstić information content (AvgIpc) is 3.15. The van der Waals surface area contributed by atoms with Crippen molar-refractivity contribution in [2.24, 2.45) is 5.92 Å². The second-order valence-corrected chi connectivity index (χ2v) is 6.83. The number of aromatic nitrogens is 1. The summed E-state index contributed by atoms with van der Waals surface area (Å²) in [4.78, 5) is 20.8. The van der Waals surface area contributed by atoms with E-state index in [4.69, 9.17) is 0 Å². The lowest BCUT2D eigenvalue weighted by Gasteiger charge is -2.34. The fourth-order valence-corrected chi connectivity index (χ4v) is 3.68. The molecule has 24 heavy (non-hydrogen) atoms. The molecule has 0 bridgehead atoms. The zero-order valence-corrected chi connectivity index (χ0v) is 15.3. The summed E-state index contributed by atoms with van der Waals surface area (Å²) in [5.41, 5.74) is 1.28. The van der Waals surface area contributed by atoms with Crippen molar-refractivity contribution >= 4 is 24.0 Å². The Morgan fingerprint density at radius 2 is 2.00 bits per heavy atom. The Labute approximate surface area is 151 Å². The van der Waals surface area contributed by atoms with Crippen molar-refractivity contribution in [3.8, 4) is 0 Å². The largest absolute Gasteiger partial charge is 0.371 e. The van der Waals surface area contributed by atoms with Gasteiger partial charge in [0.25, 0.3) is 0 Å². The van der Waals surface area contributed by atoms with Gasteiger partial charge in [0.2, 0.25) is 5.91 Å². The Hall–Kier alpha value is -1.33. The van der Waals surface area contributed by atoms with Crippen molar-refractivity contribution < 1.29 is 4.79 Å². The Kier molecular flexibility index (Phi) is 7.31. The maximum atomic E-state index is 12.3. The van der Waals surface area contributed by atoms with E-state index in [0.717, 1.165) is 51.4 Å². The van der Waals surface area contributed by atoms with E-state index in [1.54, 1.807) is 0 Å². The minimum absolute atomic E-state index is 0. The summed E-state index contributed by atoms with van der Waals surface area (Å²) in [5.74, 6) is 1.01. The van der Waals surface area contributed by atoms with Crippen molar-refractivity contribution in [2.45, 2.75) is 38.1 Å². The number of pyridine rings is 1. The summed E-state index contributed by atoms with van der Waals surface area (Å²) in [7, 11) is 1.95. The molecule has 2 saturated heterocycles. The van der Waals surface area contributed by atoms with Gasteiger partial charge in [-0.3, -0.25) is 9.78 Å². The first-order valence-corrected chi connectivity index (χ1v) is 8.87. The maximum absolute atomic E-state index is 12.3. The third-order valence-corrected chi connectivity index (χ3v) is 5.25. The molecular formula is C18H29ClN4O. The predicted molar refractivity (Wildman–Crippen MR) is 99.7 cm³/mol. The number of rotatable bonds is 5. The van der Waals surface area contributed by atoms with E-state index in [9.17, 15) is 4.79 Å². The molecule has 1 aromatic heterocycles. The Morgan fingerprint density at radius 3 is 2.62 bits per heavy atom. The zero-order valence-electron chi connectivity index (χ0n) is 14.5. The molecule has 0 aliphatic carbocycles.